The van der Waals surface area contributed by atoms with E-state index in [0.29, 0.717) is 12.6 Å². The van der Waals surface area contributed by atoms with Crippen LogP contribution in [0.1, 0.15) is 24.2 Å². The van der Waals surface area contributed by atoms with Gasteiger partial charge in [0.05, 0.1) is 12.2 Å². The number of hydrogen-bond acceptors (Lipinski definition) is 5. The van der Waals surface area contributed by atoms with Crippen LogP contribution in [-0.4, -0.2) is 49.3 Å². The average Bonchev–Trinajstić information content (AvgIpc) is 2.44. The molecule has 2 N–H and O–H groups in total. The molecule has 0 radical (unpaired) electrons. The fourth-order valence-corrected chi connectivity index (χ4v) is 2.29. The maximum Gasteiger partial charge on any atom is 0.338 e. The summed E-state index contributed by atoms with van der Waals surface area (Å²) in [6.45, 7) is 6.60. The second-order valence-corrected chi connectivity index (χ2v) is 5.45. The smallest absolute Gasteiger partial charge is 0.338 e. The fourth-order valence-electron chi connectivity index (χ4n) is 2.29. The highest BCUT2D eigenvalue weighted by Gasteiger charge is 2.23. The Balaban J connectivity index is 1.89. The number of esters is 1. The summed E-state index contributed by atoms with van der Waals surface area (Å²) in [5.74, 6) is -1.15. The molecule has 1 fully saturated rings. The summed E-state index contributed by atoms with van der Waals surface area (Å²) in [5, 5.41) is 0. The van der Waals surface area contributed by atoms with Crippen LogP contribution in [0.25, 0.3) is 0 Å². The second-order valence-electron chi connectivity index (χ2n) is 5.45. The molecule has 0 saturated carbocycles. The number of carbonyl (C=O) groups is 1. The summed E-state index contributed by atoms with van der Waals surface area (Å²) < 4.78 is 24.0. The lowest BCUT2D eigenvalue weighted by Crippen LogP contribution is -2.47. The molecule has 5 nitrogen and oxygen atoms in total. The van der Waals surface area contributed by atoms with Gasteiger partial charge in [-0.05, 0) is 32.0 Å². The molecular formula is C15H21FN2O3. The third kappa shape index (κ3) is 4.41. The van der Waals surface area contributed by atoms with Gasteiger partial charge in [0.25, 0.3) is 0 Å². The minimum absolute atomic E-state index is 0.115. The number of hydrogen-bond donors (Lipinski definition) is 1. The molecule has 0 aromatic heterocycles. The Morgan fingerprint density at radius 1 is 1.52 bits per heavy atom. The predicted octanol–water partition coefficient (Wildman–Crippen LogP) is 1.67. The van der Waals surface area contributed by atoms with Crippen LogP contribution in [-0.2, 0) is 9.47 Å². The van der Waals surface area contributed by atoms with Crippen LogP contribution >= 0.6 is 0 Å². The van der Waals surface area contributed by atoms with E-state index in [9.17, 15) is 9.18 Å². The average molecular weight is 296 g/mol. The normalized spacial score (nSPS) is 19.7. The molecule has 0 spiro atoms. The van der Waals surface area contributed by atoms with Crippen LogP contribution in [0.3, 0.4) is 0 Å². The molecule has 0 amide bonds. The van der Waals surface area contributed by atoms with E-state index in [1.165, 1.54) is 6.07 Å². The van der Waals surface area contributed by atoms with Gasteiger partial charge in [0, 0.05) is 24.8 Å². The lowest BCUT2D eigenvalue weighted by molar-refractivity contribution is -0.0662. The topological polar surface area (TPSA) is 64.8 Å². The van der Waals surface area contributed by atoms with E-state index in [4.69, 9.17) is 15.2 Å². The van der Waals surface area contributed by atoms with Crippen molar-refractivity contribution < 1.29 is 18.7 Å². The minimum Gasteiger partial charge on any atom is -0.459 e. The highest BCUT2D eigenvalue weighted by molar-refractivity contribution is 5.90. The summed E-state index contributed by atoms with van der Waals surface area (Å²) in [4.78, 5) is 14.2. The van der Waals surface area contributed by atoms with Crippen LogP contribution in [0.4, 0.5) is 10.1 Å². The molecule has 1 heterocycles. The van der Waals surface area contributed by atoms with E-state index in [-0.39, 0.29) is 24.0 Å². The van der Waals surface area contributed by atoms with E-state index in [1.807, 2.05) is 0 Å². The molecule has 1 saturated heterocycles. The highest BCUT2D eigenvalue weighted by Crippen LogP contribution is 2.13. The molecular weight excluding hydrogens is 275 g/mol. The summed E-state index contributed by atoms with van der Waals surface area (Å²) in [5.41, 5.74) is 5.82. The van der Waals surface area contributed by atoms with Crippen molar-refractivity contribution in [3.8, 4) is 0 Å². The van der Waals surface area contributed by atoms with Gasteiger partial charge < -0.3 is 15.2 Å². The first-order valence-corrected chi connectivity index (χ1v) is 7.04. The summed E-state index contributed by atoms with van der Waals surface area (Å²) in [6.07, 6.45) is -0.156. The Labute approximate surface area is 123 Å². The van der Waals surface area contributed by atoms with Gasteiger partial charge in [-0.2, -0.15) is 0 Å². The SMILES string of the molecule is CC(C)N1CCOC(COC(=O)c2cc(N)cc(F)c2)C1. The Hall–Kier alpha value is -1.66. The number of rotatable bonds is 4. The van der Waals surface area contributed by atoms with Crippen LogP contribution in [0.2, 0.25) is 0 Å². The second kappa shape index (κ2) is 6.87. The maximum atomic E-state index is 13.2. The van der Waals surface area contributed by atoms with Crippen LogP contribution in [0.15, 0.2) is 18.2 Å². The summed E-state index contributed by atoms with van der Waals surface area (Å²) >= 11 is 0. The van der Waals surface area contributed by atoms with E-state index in [0.717, 1.165) is 25.2 Å². The van der Waals surface area contributed by atoms with Crippen molar-refractivity contribution in [1.82, 2.24) is 4.90 Å². The number of benzene rings is 1. The Kier molecular flexibility index (Phi) is 5.14. The van der Waals surface area contributed by atoms with Gasteiger partial charge in [-0.15, -0.1) is 0 Å². The molecule has 1 aliphatic heterocycles. The Bertz CT molecular complexity index is 487. The molecule has 0 bridgehead atoms. The molecule has 1 aromatic carbocycles. The number of morpholine rings is 1. The van der Waals surface area contributed by atoms with E-state index in [1.54, 1.807) is 0 Å². The third-order valence-corrected chi connectivity index (χ3v) is 3.46. The molecule has 116 valence electrons. The van der Waals surface area contributed by atoms with Crippen molar-refractivity contribution >= 4 is 11.7 Å². The maximum absolute atomic E-state index is 13.2. The van der Waals surface area contributed by atoms with Gasteiger partial charge in [-0.3, -0.25) is 4.90 Å². The number of nitrogen functional groups attached to an aromatic ring is 1. The van der Waals surface area contributed by atoms with Gasteiger partial charge in [0.1, 0.15) is 18.5 Å². The number of nitrogens with zero attached hydrogens (tertiary/aromatic N) is 1. The third-order valence-electron chi connectivity index (χ3n) is 3.46. The zero-order chi connectivity index (χ0) is 15.4. The number of halogens is 1. The number of ether oxygens (including phenoxy) is 2. The van der Waals surface area contributed by atoms with Gasteiger partial charge in [0.2, 0.25) is 0 Å². The quantitative estimate of drug-likeness (QED) is 0.676. The monoisotopic (exact) mass is 296 g/mol. The first-order chi connectivity index (χ1) is 9.95. The van der Waals surface area contributed by atoms with Gasteiger partial charge >= 0.3 is 5.97 Å². The van der Waals surface area contributed by atoms with Crippen LogP contribution in [0.5, 0.6) is 0 Å². The van der Waals surface area contributed by atoms with Crippen molar-refractivity contribution in [1.29, 1.82) is 0 Å². The van der Waals surface area contributed by atoms with Crippen molar-refractivity contribution in [2.45, 2.75) is 26.0 Å². The van der Waals surface area contributed by atoms with E-state index in [2.05, 4.69) is 18.7 Å². The molecule has 6 heteroatoms. The standard InChI is InChI=1S/C15H21FN2O3/c1-10(2)18-3-4-20-14(8-18)9-21-15(19)11-5-12(16)7-13(17)6-11/h5-7,10,14H,3-4,8-9,17H2,1-2H3. The van der Waals surface area contributed by atoms with Crippen molar-refractivity contribution in [2.75, 3.05) is 32.0 Å². The molecule has 1 aliphatic rings. The van der Waals surface area contributed by atoms with Crippen molar-refractivity contribution in [3.63, 3.8) is 0 Å². The summed E-state index contributed by atoms with van der Waals surface area (Å²) in [6, 6.07) is 4.09. The molecule has 1 aromatic rings. The molecule has 1 unspecified atom stereocenters. The van der Waals surface area contributed by atoms with Crippen LogP contribution in [0, 0.1) is 5.82 Å². The van der Waals surface area contributed by atoms with Gasteiger partial charge in [-0.1, -0.05) is 0 Å². The first-order valence-electron chi connectivity index (χ1n) is 7.04. The Morgan fingerprint density at radius 2 is 2.29 bits per heavy atom. The fraction of sp³-hybridized carbons (Fsp3) is 0.533. The number of nitrogens with two attached hydrogens (primary N) is 1. The van der Waals surface area contributed by atoms with E-state index < -0.39 is 11.8 Å². The lowest BCUT2D eigenvalue weighted by Gasteiger charge is -2.35. The molecule has 2 rings (SSSR count). The minimum atomic E-state index is -0.591. The van der Waals surface area contributed by atoms with Crippen LogP contribution < -0.4 is 5.73 Å². The first kappa shape index (κ1) is 15.7. The summed E-state index contributed by atoms with van der Waals surface area (Å²) in [7, 11) is 0. The predicted molar refractivity (Wildman–Crippen MR) is 77.5 cm³/mol. The number of anilines is 1. The molecule has 1 atom stereocenters. The zero-order valence-corrected chi connectivity index (χ0v) is 12.3. The zero-order valence-electron chi connectivity index (χ0n) is 12.3. The molecule has 0 aliphatic carbocycles. The molecule has 21 heavy (non-hydrogen) atoms. The highest BCUT2D eigenvalue weighted by atomic mass is 19.1. The largest absolute Gasteiger partial charge is 0.459 e. The Morgan fingerprint density at radius 3 is 2.95 bits per heavy atom. The van der Waals surface area contributed by atoms with E-state index >= 15 is 0 Å². The number of carbonyl (C=O) groups excluding carboxylic acids is 1. The van der Waals surface area contributed by atoms with Crippen molar-refractivity contribution in [3.05, 3.63) is 29.6 Å². The van der Waals surface area contributed by atoms with Gasteiger partial charge in [-0.25, -0.2) is 9.18 Å². The van der Waals surface area contributed by atoms with Crippen molar-refractivity contribution in [2.24, 2.45) is 0 Å². The van der Waals surface area contributed by atoms with Gasteiger partial charge in [0.15, 0.2) is 0 Å². The lowest BCUT2D eigenvalue weighted by atomic mass is 10.2.